The minimum Gasteiger partial charge on any atom is -0.459 e. The van der Waals surface area contributed by atoms with Crippen LogP contribution in [-0.2, 0) is 6.54 Å². The normalized spacial score (nSPS) is 15.4. The number of hydrogen-bond donors (Lipinski definition) is 1. The van der Waals surface area contributed by atoms with E-state index in [9.17, 15) is 0 Å². The van der Waals surface area contributed by atoms with E-state index in [1.807, 2.05) is 0 Å². The molecule has 2 nitrogen and oxygen atoms in total. The summed E-state index contributed by atoms with van der Waals surface area (Å²) in [4.78, 5) is 0. The molecule has 1 aromatic heterocycles. The maximum absolute atomic E-state index is 6.28. The Balaban J connectivity index is 2.04. The molecule has 0 spiro atoms. The molecule has 1 heterocycles. The molecule has 108 valence electrons. The Morgan fingerprint density at radius 1 is 1.30 bits per heavy atom. The molecule has 0 unspecified atom stereocenters. The third kappa shape index (κ3) is 2.49. The predicted octanol–water partition coefficient (Wildman–Crippen LogP) is 4.93. The Morgan fingerprint density at radius 3 is 2.75 bits per heavy atom. The molecule has 0 saturated heterocycles. The van der Waals surface area contributed by atoms with Crippen molar-refractivity contribution in [1.82, 2.24) is 5.32 Å². The van der Waals surface area contributed by atoms with Crippen molar-refractivity contribution in [2.75, 3.05) is 6.54 Å². The van der Waals surface area contributed by atoms with Crippen molar-refractivity contribution in [3.8, 4) is 0 Å². The van der Waals surface area contributed by atoms with Gasteiger partial charge in [0.1, 0.15) is 11.3 Å². The molecular weight excluding hydrogens is 246 g/mol. The van der Waals surface area contributed by atoms with Crippen LogP contribution in [0.3, 0.4) is 0 Å². The molecule has 20 heavy (non-hydrogen) atoms. The number of hydrogen-bond acceptors (Lipinski definition) is 2. The van der Waals surface area contributed by atoms with Crippen LogP contribution in [0.5, 0.6) is 0 Å². The van der Waals surface area contributed by atoms with Crippen LogP contribution in [0.4, 0.5) is 0 Å². The van der Waals surface area contributed by atoms with Crippen molar-refractivity contribution >= 4 is 11.0 Å². The summed E-state index contributed by atoms with van der Waals surface area (Å²) in [7, 11) is 0. The molecule has 1 fully saturated rings. The fraction of sp³-hybridized carbons (Fsp3) is 0.556. The summed E-state index contributed by atoms with van der Waals surface area (Å²) >= 11 is 0. The molecule has 0 radical (unpaired) electrons. The van der Waals surface area contributed by atoms with Crippen molar-refractivity contribution in [1.29, 1.82) is 0 Å². The third-order valence-electron chi connectivity index (χ3n) is 4.18. The monoisotopic (exact) mass is 271 g/mol. The highest BCUT2D eigenvalue weighted by Crippen LogP contribution is 2.47. The summed E-state index contributed by atoms with van der Waals surface area (Å²) in [6, 6.07) is 6.63. The van der Waals surface area contributed by atoms with Crippen molar-refractivity contribution in [3.05, 3.63) is 35.1 Å². The first-order valence-electron chi connectivity index (χ1n) is 7.97. The minimum atomic E-state index is 0.508. The summed E-state index contributed by atoms with van der Waals surface area (Å²) in [6.45, 7) is 8.60. The highest BCUT2D eigenvalue weighted by Gasteiger charge is 2.31. The first kappa shape index (κ1) is 13.7. The van der Waals surface area contributed by atoms with Crippen LogP contribution in [0.25, 0.3) is 11.0 Å². The Labute approximate surface area is 121 Å². The Hall–Kier alpha value is -1.28. The minimum absolute atomic E-state index is 0.508. The van der Waals surface area contributed by atoms with Gasteiger partial charge in [0.05, 0.1) is 6.54 Å². The lowest BCUT2D eigenvalue weighted by atomic mass is 9.98. The molecule has 0 bridgehead atoms. The summed E-state index contributed by atoms with van der Waals surface area (Å²) in [5, 5.41) is 4.84. The van der Waals surface area contributed by atoms with E-state index in [0.717, 1.165) is 31.0 Å². The maximum Gasteiger partial charge on any atom is 0.138 e. The Kier molecular flexibility index (Phi) is 3.84. The fourth-order valence-corrected chi connectivity index (χ4v) is 2.99. The van der Waals surface area contributed by atoms with Gasteiger partial charge in [0.15, 0.2) is 0 Å². The quantitative estimate of drug-likeness (QED) is 0.753. The molecule has 0 atom stereocenters. The van der Waals surface area contributed by atoms with Crippen LogP contribution in [-0.4, -0.2) is 6.54 Å². The second-order valence-corrected chi connectivity index (χ2v) is 6.27. The van der Waals surface area contributed by atoms with Gasteiger partial charge in [0.25, 0.3) is 0 Å². The molecule has 0 amide bonds. The van der Waals surface area contributed by atoms with E-state index in [1.54, 1.807) is 0 Å². The first-order chi connectivity index (χ1) is 9.72. The van der Waals surface area contributed by atoms with Gasteiger partial charge >= 0.3 is 0 Å². The van der Waals surface area contributed by atoms with E-state index in [0.29, 0.717) is 5.92 Å². The van der Waals surface area contributed by atoms with Gasteiger partial charge < -0.3 is 9.73 Å². The lowest BCUT2D eigenvalue weighted by Gasteiger charge is -2.05. The lowest BCUT2D eigenvalue weighted by molar-refractivity contribution is 0.504. The number of rotatable bonds is 6. The molecule has 2 aromatic rings. The number of benzene rings is 1. The zero-order valence-electron chi connectivity index (χ0n) is 12.8. The van der Waals surface area contributed by atoms with Crippen molar-refractivity contribution in [3.63, 3.8) is 0 Å². The fourth-order valence-electron chi connectivity index (χ4n) is 2.99. The largest absolute Gasteiger partial charge is 0.459 e. The Morgan fingerprint density at radius 2 is 2.10 bits per heavy atom. The van der Waals surface area contributed by atoms with Crippen molar-refractivity contribution in [2.45, 2.75) is 58.4 Å². The van der Waals surface area contributed by atoms with Gasteiger partial charge in [-0.15, -0.1) is 0 Å². The van der Waals surface area contributed by atoms with Gasteiger partial charge in [0, 0.05) is 10.9 Å². The third-order valence-corrected chi connectivity index (χ3v) is 4.18. The molecule has 1 saturated carbocycles. The van der Waals surface area contributed by atoms with Crippen LogP contribution in [0.2, 0.25) is 0 Å². The van der Waals surface area contributed by atoms with Crippen LogP contribution in [0.15, 0.2) is 22.6 Å². The molecule has 1 aliphatic carbocycles. The van der Waals surface area contributed by atoms with Crippen LogP contribution >= 0.6 is 0 Å². The zero-order valence-corrected chi connectivity index (χ0v) is 12.8. The topological polar surface area (TPSA) is 25.2 Å². The van der Waals surface area contributed by atoms with Crippen LogP contribution in [0, 0.1) is 0 Å². The second kappa shape index (κ2) is 5.61. The second-order valence-electron chi connectivity index (χ2n) is 6.27. The molecule has 2 heteroatoms. The number of nitrogens with one attached hydrogen (secondary N) is 1. The molecule has 1 aromatic carbocycles. The molecule has 1 N–H and O–H groups in total. The molecule has 0 aliphatic heterocycles. The number of para-hydroxylation sites is 1. The lowest BCUT2D eigenvalue weighted by Crippen LogP contribution is -2.14. The van der Waals surface area contributed by atoms with E-state index in [4.69, 9.17) is 4.42 Å². The highest BCUT2D eigenvalue weighted by atomic mass is 16.3. The van der Waals surface area contributed by atoms with E-state index in [1.165, 1.54) is 35.1 Å². The first-order valence-corrected chi connectivity index (χ1v) is 7.97. The van der Waals surface area contributed by atoms with Gasteiger partial charge in [0.2, 0.25) is 0 Å². The van der Waals surface area contributed by atoms with Crippen LogP contribution in [0.1, 0.15) is 68.8 Å². The van der Waals surface area contributed by atoms with Crippen molar-refractivity contribution in [2.24, 2.45) is 0 Å². The summed E-state index contributed by atoms with van der Waals surface area (Å²) in [6.07, 6.45) is 3.80. The van der Waals surface area contributed by atoms with Gasteiger partial charge in [-0.2, -0.15) is 0 Å². The van der Waals surface area contributed by atoms with Crippen molar-refractivity contribution < 1.29 is 4.42 Å². The van der Waals surface area contributed by atoms with Gasteiger partial charge in [-0.3, -0.25) is 0 Å². The standard InChI is InChI=1S/C18H25NO/c1-4-10-19-11-16-17(13-8-9-13)15-7-5-6-14(12(2)3)18(15)20-16/h5-7,12-13,19H,4,8-11H2,1-3H3. The maximum atomic E-state index is 6.28. The summed E-state index contributed by atoms with van der Waals surface area (Å²) in [5.41, 5.74) is 3.94. The van der Waals surface area contributed by atoms with E-state index < -0.39 is 0 Å². The van der Waals surface area contributed by atoms with Gasteiger partial charge in [-0.1, -0.05) is 39.0 Å². The SMILES string of the molecule is CCCNCc1oc2c(C(C)C)cccc2c1C1CC1. The molecular formula is C18H25NO. The van der Waals surface area contributed by atoms with E-state index in [-0.39, 0.29) is 0 Å². The molecule has 1 aliphatic rings. The molecule has 3 rings (SSSR count). The van der Waals surface area contributed by atoms with Gasteiger partial charge in [-0.05, 0) is 43.2 Å². The van der Waals surface area contributed by atoms with E-state index in [2.05, 4.69) is 44.3 Å². The smallest absolute Gasteiger partial charge is 0.138 e. The predicted molar refractivity (Wildman–Crippen MR) is 84.3 cm³/mol. The average Bonchev–Trinajstić information content (AvgIpc) is 3.19. The highest BCUT2D eigenvalue weighted by molar-refractivity contribution is 5.86. The average molecular weight is 271 g/mol. The van der Waals surface area contributed by atoms with Gasteiger partial charge in [-0.25, -0.2) is 0 Å². The summed E-state index contributed by atoms with van der Waals surface area (Å²) in [5.74, 6) is 2.41. The Bertz CT molecular complexity index is 593. The number of fused-ring (bicyclic) bond motifs is 1. The number of furan rings is 1. The van der Waals surface area contributed by atoms with Crippen LogP contribution < -0.4 is 5.32 Å². The zero-order chi connectivity index (χ0) is 14.1. The summed E-state index contributed by atoms with van der Waals surface area (Å²) < 4.78 is 6.28. The van der Waals surface area contributed by atoms with E-state index >= 15 is 0 Å².